The van der Waals surface area contributed by atoms with Crippen molar-refractivity contribution in [1.82, 2.24) is 15.6 Å². The molecule has 2 aromatic heterocycles. The van der Waals surface area contributed by atoms with Crippen LogP contribution in [0, 0.1) is 0 Å². The Hall–Kier alpha value is -2.74. The van der Waals surface area contributed by atoms with Crippen LogP contribution in [0.25, 0.3) is 0 Å². The molecule has 0 radical (unpaired) electrons. The van der Waals surface area contributed by atoms with Crippen LogP contribution in [0.5, 0.6) is 0 Å². The van der Waals surface area contributed by atoms with Crippen molar-refractivity contribution in [3.05, 3.63) is 46.8 Å². The molecular formula is C17H20N4O3S. The number of aromatic nitrogens is 1. The molecule has 0 saturated carbocycles. The van der Waals surface area contributed by atoms with Gasteiger partial charge < -0.3 is 16.0 Å². The van der Waals surface area contributed by atoms with Gasteiger partial charge in [-0.25, -0.2) is 4.98 Å². The summed E-state index contributed by atoms with van der Waals surface area (Å²) in [6.45, 7) is 1.63. The van der Waals surface area contributed by atoms with Crippen molar-refractivity contribution >= 4 is 34.9 Å². The van der Waals surface area contributed by atoms with E-state index in [2.05, 4.69) is 20.9 Å². The molecule has 0 spiro atoms. The van der Waals surface area contributed by atoms with Gasteiger partial charge in [-0.15, -0.1) is 11.3 Å². The Morgan fingerprint density at radius 1 is 1.16 bits per heavy atom. The summed E-state index contributed by atoms with van der Waals surface area (Å²) >= 11 is 1.48. The zero-order valence-electron chi connectivity index (χ0n) is 13.8. The minimum Gasteiger partial charge on any atom is -0.356 e. The smallest absolute Gasteiger partial charge is 0.227 e. The predicted molar refractivity (Wildman–Crippen MR) is 96.0 cm³/mol. The van der Waals surface area contributed by atoms with Crippen molar-refractivity contribution < 1.29 is 14.4 Å². The normalized spacial score (nSPS) is 11.4. The fourth-order valence-electron chi connectivity index (χ4n) is 2.17. The van der Waals surface area contributed by atoms with Gasteiger partial charge in [0.15, 0.2) is 0 Å². The van der Waals surface area contributed by atoms with Gasteiger partial charge >= 0.3 is 0 Å². The number of carbonyl (C=O) groups is 3. The molecule has 3 N–H and O–H groups in total. The molecule has 2 rings (SSSR count). The standard InChI is InChI=1S/C17H20N4O3S/c1-12(22)20-13(14-5-4-10-25-14)11-17(24)19-9-7-16(23)21-15-6-2-3-8-18-15/h2-6,8,10,13H,7,9,11H2,1H3,(H,19,24)(H,20,22)(H,18,21,23)/t13-/m1/s1. The molecule has 0 unspecified atom stereocenters. The van der Waals surface area contributed by atoms with E-state index in [1.165, 1.54) is 18.3 Å². The number of amides is 3. The zero-order chi connectivity index (χ0) is 18.1. The summed E-state index contributed by atoms with van der Waals surface area (Å²) in [5.74, 6) is -0.170. The Balaban J connectivity index is 1.75. The third-order valence-electron chi connectivity index (χ3n) is 3.26. The predicted octanol–water partition coefficient (Wildman–Crippen LogP) is 1.86. The van der Waals surface area contributed by atoms with Crippen LogP contribution in [0.3, 0.4) is 0 Å². The van der Waals surface area contributed by atoms with Crippen molar-refractivity contribution in [2.75, 3.05) is 11.9 Å². The van der Waals surface area contributed by atoms with Crippen LogP contribution in [0.1, 0.15) is 30.7 Å². The topological polar surface area (TPSA) is 100 Å². The van der Waals surface area contributed by atoms with Gasteiger partial charge in [0, 0.05) is 31.0 Å². The number of anilines is 1. The molecule has 1 atom stereocenters. The van der Waals surface area contributed by atoms with Crippen molar-refractivity contribution in [3.8, 4) is 0 Å². The Morgan fingerprint density at radius 2 is 2.00 bits per heavy atom. The number of hydrogen-bond acceptors (Lipinski definition) is 5. The second kappa shape index (κ2) is 9.53. The van der Waals surface area contributed by atoms with E-state index >= 15 is 0 Å². The number of carbonyl (C=O) groups excluding carboxylic acids is 3. The third kappa shape index (κ3) is 6.72. The number of thiophene rings is 1. The highest BCUT2D eigenvalue weighted by molar-refractivity contribution is 7.10. The van der Waals surface area contributed by atoms with E-state index in [4.69, 9.17) is 0 Å². The van der Waals surface area contributed by atoms with E-state index < -0.39 is 0 Å². The maximum atomic E-state index is 12.1. The summed E-state index contributed by atoms with van der Waals surface area (Å²) in [4.78, 5) is 40.1. The Kier molecular flexibility index (Phi) is 7.09. The maximum Gasteiger partial charge on any atom is 0.227 e. The van der Waals surface area contributed by atoms with Crippen LogP contribution < -0.4 is 16.0 Å². The van der Waals surface area contributed by atoms with Gasteiger partial charge in [0.25, 0.3) is 0 Å². The average molecular weight is 360 g/mol. The van der Waals surface area contributed by atoms with Gasteiger partial charge in [-0.05, 0) is 23.6 Å². The monoisotopic (exact) mass is 360 g/mol. The molecule has 3 amide bonds. The molecule has 0 fully saturated rings. The van der Waals surface area contributed by atoms with Crippen molar-refractivity contribution in [2.45, 2.75) is 25.8 Å². The highest BCUT2D eigenvalue weighted by atomic mass is 32.1. The average Bonchev–Trinajstić information content (AvgIpc) is 3.09. The summed E-state index contributed by atoms with van der Waals surface area (Å²) < 4.78 is 0. The first-order valence-corrected chi connectivity index (χ1v) is 8.70. The summed E-state index contributed by atoms with van der Waals surface area (Å²) in [6, 6.07) is 8.61. The molecule has 132 valence electrons. The molecule has 7 nitrogen and oxygen atoms in total. The molecule has 2 aromatic rings. The minimum atomic E-state index is -0.361. The molecule has 8 heteroatoms. The Labute approximate surface area is 149 Å². The van der Waals surface area contributed by atoms with Gasteiger partial charge in [0.1, 0.15) is 5.82 Å². The minimum absolute atomic E-state index is 0.127. The SMILES string of the molecule is CC(=O)N[C@H](CC(=O)NCCC(=O)Nc1ccccn1)c1cccs1. The van der Waals surface area contributed by atoms with E-state index in [9.17, 15) is 14.4 Å². The van der Waals surface area contributed by atoms with Crippen molar-refractivity contribution in [3.63, 3.8) is 0 Å². The highest BCUT2D eigenvalue weighted by Crippen LogP contribution is 2.21. The van der Waals surface area contributed by atoms with Crippen LogP contribution in [0.15, 0.2) is 41.9 Å². The number of pyridine rings is 1. The quantitative estimate of drug-likeness (QED) is 0.669. The van der Waals surface area contributed by atoms with Gasteiger partial charge in [-0.2, -0.15) is 0 Å². The molecular weight excluding hydrogens is 340 g/mol. The van der Waals surface area contributed by atoms with E-state index in [0.29, 0.717) is 5.82 Å². The Bertz CT molecular complexity index is 704. The molecule has 0 aliphatic heterocycles. The molecule has 0 saturated heterocycles. The fraction of sp³-hybridized carbons (Fsp3) is 0.294. The lowest BCUT2D eigenvalue weighted by Gasteiger charge is -2.16. The first kappa shape index (κ1) is 18.6. The van der Waals surface area contributed by atoms with Gasteiger partial charge in [-0.3, -0.25) is 14.4 Å². The van der Waals surface area contributed by atoms with Gasteiger partial charge in [0.05, 0.1) is 12.5 Å². The van der Waals surface area contributed by atoms with E-state index in [1.807, 2.05) is 17.5 Å². The second-order valence-electron chi connectivity index (χ2n) is 5.34. The van der Waals surface area contributed by atoms with E-state index in [-0.39, 0.29) is 43.1 Å². The maximum absolute atomic E-state index is 12.1. The van der Waals surface area contributed by atoms with E-state index in [0.717, 1.165) is 4.88 Å². The van der Waals surface area contributed by atoms with E-state index in [1.54, 1.807) is 24.4 Å². The molecule has 0 aliphatic carbocycles. The van der Waals surface area contributed by atoms with Gasteiger partial charge in [-0.1, -0.05) is 12.1 Å². The third-order valence-corrected chi connectivity index (χ3v) is 4.25. The first-order valence-electron chi connectivity index (χ1n) is 7.82. The fourth-order valence-corrected chi connectivity index (χ4v) is 2.95. The second-order valence-corrected chi connectivity index (χ2v) is 6.32. The van der Waals surface area contributed by atoms with Crippen LogP contribution in [-0.2, 0) is 14.4 Å². The van der Waals surface area contributed by atoms with Crippen molar-refractivity contribution in [2.24, 2.45) is 0 Å². The summed E-state index contributed by atoms with van der Waals surface area (Å²) in [6.07, 6.45) is 1.86. The number of nitrogens with zero attached hydrogens (tertiary/aromatic N) is 1. The lowest BCUT2D eigenvalue weighted by molar-refractivity contribution is -0.122. The number of nitrogens with one attached hydrogen (secondary N) is 3. The highest BCUT2D eigenvalue weighted by Gasteiger charge is 2.18. The van der Waals surface area contributed by atoms with Crippen LogP contribution in [-0.4, -0.2) is 29.3 Å². The summed E-state index contributed by atoms with van der Waals surface area (Å²) in [7, 11) is 0. The van der Waals surface area contributed by atoms with Crippen molar-refractivity contribution in [1.29, 1.82) is 0 Å². The molecule has 0 aliphatic rings. The lowest BCUT2D eigenvalue weighted by atomic mass is 10.1. The Morgan fingerprint density at radius 3 is 2.64 bits per heavy atom. The number of hydrogen-bond donors (Lipinski definition) is 3. The van der Waals surface area contributed by atoms with Crippen LogP contribution >= 0.6 is 11.3 Å². The van der Waals surface area contributed by atoms with Crippen LogP contribution in [0.4, 0.5) is 5.82 Å². The summed E-state index contributed by atoms with van der Waals surface area (Å²) in [5, 5.41) is 10.0. The zero-order valence-corrected chi connectivity index (χ0v) is 14.6. The lowest BCUT2D eigenvalue weighted by Crippen LogP contribution is -2.33. The number of rotatable bonds is 8. The molecule has 0 aromatic carbocycles. The van der Waals surface area contributed by atoms with Crippen LogP contribution in [0.2, 0.25) is 0 Å². The summed E-state index contributed by atoms with van der Waals surface area (Å²) in [5.41, 5.74) is 0. The molecule has 2 heterocycles. The van der Waals surface area contributed by atoms with Gasteiger partial charge in [0.2, 0.25) is 17.7 Å². The largest absolute Gasteiger partial charge is 0.356 e. The molecule has 25 heavy (non-hydrogen) atoms. The first-order chi connectivity index (χ1) is 12.0. The molecule has 0 bridgehead atoms.